The Morgan fingerprint density at radius 1 is 0.964 bits per heavy atom. The second kappa shape index (κ2) is 9.08. The number of nitrogens with zero attached hydrogens (tertiary/aromatic N) is 1. The van der Waals surface area contributed by atoms with Crippen molar-refractivity contribution in [3.63, 3.8) is 0 Å². The number of fused-ring (bicyclic) bond motifs is 1. The highest BCUT2D eigenvalue weighted by molar-refractivity contribution is 6.02. The first kappa shape index (κ1) is 20.2. The molecule has 0 spiro atoms. The standard InChI is InChI=1S/C22H28N2O4/c1-22(18-10-5-7-12-20(18)28-16-15-27-3)23-19-11-6-4-9-17(19)21(25)24(22)13-8-14-26-2/h4-7,9-12,23H,8,13-16H2,1-3H3. The topological polar surface area (TPSA) is 60.0 Å². The SMILES string of the molecule is COCCCN1C(=O)c2ccccc2NC1(C)c1ccccc1OCCOC. The maximum atomic E-state index is 13.4. The number of hydrogen-bond donors (Lipinski definition) is 1. The highest BCUT2D eigenvalue weighted by Gasteiger charge is 2.43. The number of amides is 1. The summed E-state index contributed by atoms with van der Waals surface area (Å²) in [5.41, 5.74) is 1.66. The Kier molecular flexibility index (Phi) is 6.54. The smallest absolute Gasteiger partial charge is 0.258 e. The second-order valence-corrected chi connectivity index (χ2v) is 6.88. The first-order valence-electron chi connectivity index (χ1n) is 9.51. The zero-order valence-corrected chi connectivity index (χ0v) is 16.7. The third-order valence-electron chi connectivity index (χ3n) is 5.01. The van der Waals surface area contributed by atoms with Crippen molar-refractivity contribution in [3.8, 4) is 5.75 Å². The van der Waals surface area contributed by atoms with Gasteiger partial charge in [0, 0.05) is 38.6 Å². The van der Waals surface area contributed by atoms with Gasteiger partial charge < -0.3 is 24.4 Å². The predicted octanol–water partition coefficient (Wildman–Crippen LogP) is 3.49. The molecule has 0 aromatic heterocycles. The zero-order valence-electron chi connectivity index (χ0n) is 16.7. The molecule has 0 saturated heterocycles. The number of benzene rings is 2. The van der Waals surface area contributed by atoms with E-state index in [1.807, 2.05) is 60.4 Å². The molecule has 0 fully saturated rings. The minimum Gasteiger partial charge on any atom is -0.491 e. The number of nitrogens with one attached hydrogen (secondary N) is 1. The van der Waals surface area contributed by atoms with E-state index in [4.69, 9.17) is 14.2 Å². The van der Waals surface area contributed by atoms with Crippen LogP contribution >= 0.6 is 0 Å². The molecule has 1 aliphatic heterocycles. The molecule has 3 rings (SSSR count). The first-order valence-corrected chi connectivity index (χ1v) is 9.51. The van der Waals surface area contributed by atoms with E-state index in [-0.39, 0.29) is 5.91 Å². The van der Waals surface area contributed by atoms with Gasteiger partial charge in [-0.1, -0.05) is 30.3 Å². The summed E-state index contributed by atoms with van der Waals surface area (Å²) in [6, 6.07) is 15.4. The minimum absolute atomic E-state index is 0.000326. The van der Waals surface area contributed by atoms with Gasteiger partial charge in [0.2, 0.25) is 0 Å². The van der Waals surface area contributed by atoms with Gasteiger partial charge in [-0.3, -0.25) is 4.79 Å². The van der Waals surface area contributed by atoms with Gasteiger partial charge in [0.25, 0.3) is 5.91 Å². The van der Waals surface area contributed by atoms with Gasteiger partial charge in [-0.15, -0.1) is 0 Å². The average Bonchev–Trinajstić information content (AvgIpc) is 2.71. The fourth-order valence-corrected chi connectivity index (χ4v) is 3.59. The maximum absolute atomic E-state index is 13.4. The molecule has 28 heavy (non-hydrogen) atoms. The van der Waals surface area contributed by atoms with Crippen molar-refractivity contribution in [3.05, 3.63) is 59.7 Å². The number of carbonyl (C=O) groups is 1. The Morgan fingerprint density at radius 3 is 2.46 bits per heavy atom. The number of methoxy groups -OCH3 is 2. The van der Waals surface area contributed by atoms with Crippen molar-refractivity contribution < 1.29 is 19.0 Å². The fraction of sp³-hybridized carbons (Fsp3) is 0.409. The lowest BCUT2D eigenvalue weighted by Crippen LogP contribution is -2.56. The molecule has 1 heterocycles. The number of rotatable bonds is 9. The van der Waals surface area contributed by atoms with E-state index >= 15 is 0 Å². The van der Waals surface area contributed by atoms with Crippen LogP contribution in [0.25, 0.3) is 0 Å². The lowest BCUT2D eigenvalue weighted by Gasteiger charge is -2.47. The third kappa shape index (κ3) is 3.98. The van der Waals surface area contributed by atoms with E-state index in [2.05, 4.69) is 5.32 Å². The summed E-state index contributed by atoms with van der Waals surface area (Å²) in [6.45, 7) is 4.12. The highest BCUT2D eigenvalue weighted by Crippen LogP contribution is 2.41. The summed E-state index contributed by atoms with van der Waals surface area (Å²) in [4.78, 5) is 15.2. The van der Waals surface area contributed by atoms with E-state index in [0.717, 1.165) is 23.4 Å². The molecule has 1 aliphatic rings. The van der Waals surface area contributed by atoms with Crippen molar-refractivity contribution in [2.45, 2.75) is 19.0 Å². The molecule has 150 valence electrons. The molecule has 2 aromatic carbocycles. The second-order valence-electron chi connectivity index (χ2n) is 6.88. The molecular formula is C22H28N2O4. The largest absolute Gasteiger partial charge is 0.491 e. The molecule has 6 heteroatoms. The number of ether oxygens (including phenoxy) is 3. The normalized spacial score (nSPS) is 18.5. The van der Waals surface area contributed by atoms with Gasteiger partial charge in [-0.25, -0.2) is 0 Å². The summed E-state index contributed by atoms with van der Waals surface area (Å²) in [5, 5.41) is 3.58. The van der Waals surface area contributed by atoms with Crippen LogP contribution in [0.2, 0.25) is 0 Å². The molecule has 0 bridgehead atoms. The number of hydrogen-bond acceptors (Lipinski definition) is 5. The Morgan fingerprint density at radius 2 is 1.68 bits per heavy atom. The summed E-state index contributed by atoms with van der Waals surface area (Å²) < 4.78 is 16.3. The summed E-state index contributed by atoms with van der Waals surface area (Å²) >= 11 is 0. The van der Waals surface area contributed by atoms with Crippen LogP contribution < -0.4 is 10.1 Å². The molecule has 6 nitrogen and oxygen atoms in total. The predicted molar refractivity (Wildman–Crippen MR) is 109 cm³/mol. The van der Waals surface area contributed by atoms with E-state index in [9.17, 15) is 4.79 Å². The van der Waals surface area contributed by atoms with Crippen LogP contribution in [0.1, 0.15) is 29.3 Å². The quantitative estimate of drug-likeness (QED) is 0.671. The third-order valence-corrected chi connectivity index (χ3v) is 5.01. The van der Waals surface area contributed by atoms with Crippen molar-refractivity contribution >= 4 is 11.6 Å². The van der Waals surface area contributed by atoms with Crippen molar-refractivity contribution in [2.24, 2.45) is 0 Å². The summed E-state index contributed by atoms with van der Waals surface area (Å²) in [5.74, 6) is 0.734. The Balaban J connectivity index is 2.01. The van der Waals surface area contributed by atoms with Crippen LogP contribution in [-0.2, 0) is 15.1 Å². The van der Waals surface area contributed by atoms with Gasteiger partial charge in [-0.05, 0) is 31.5 Å². The molecule has 0 radical (unpaired) electrons. The van der Waals surface area contributed by atoms with Gasteiger partial charge in [0.1, 0.15) is 18.0 Å². The van der Waals surface area contributed by atoms with Gasteiger partial charge in [-0.2, -0.15) is 0 Å². The van der Waals surface area contributed by atoms with E-state index in [0.29, 0.717) is 31.9 Å². The molecule has 2 aromatic rings. The molecule has 1 N–H and O–H groups in total. The summed E-state index contributed by atoms with van der Waals surface area (Å²) in [7, 11) is 3.32. The van der Waals surface area contributed by atoms with Gasteiger partial charge >= 0.3 is 0 Å². The molecule has 0 aliphatic carbocycles. The number of para-hydroxylation sites is 2. The van der Waals surface area contributed by atoms with E-state index in [1.165, 1.54) is 0 Å². The zero-order chi connectivity index (χ0) is 20.0. The van der Waals surface area contributed by atoms with Crippen LogP contribution in [0.15, 0.2) is 48.5 Å². The lowest BCUT2D eigenvalue weighted by molar-refractivity contribution is 0.0496. The Bertz CT molecular complexity index is 811. The molecule has 1 unspecified atom stereocenters. The van der Waals surface area contributed by atoms with Crippen LogP contribution in [-0.4, -0.2) is 51.4 Å². The van der Waals surface area contributed by atoms with Crippen LogP contribution in [0.5, 0.6) is 5.75 Å². The van der Waals surface area contributed by atoms with E-state index < -0.39 is 5.66 Å². The number of anilines is 1. The van der Waals surface area contributed by atoms with Crippen molar-refractivity contribution in [1.29, 1.82) is 0 Å². The first-order chi connectivity index (χ1) is 13.6. The maximum Gasteiger partial charge on any atom is 0.258 e. The Labute approximate surface area is 166 Å². The molecule has 1 amide bonds. The van der Waals surface area contributed by atoms with Crippen LogP contribution in [0, 0.1) is 0 Å². The number of carbonyl (C=O) groups excluding carboxylic acids is 1. The van der Waals surface area contributed by atoms with Crippen molar-refractivity contribution in [2.75, 3.05) is 45.9 Å². The monoisotopic (exact) mass is 384 g/mol. The van der Waals surface area contributed by atoms with Gasteiger partial charge in [0.15, 0.2) is 0 Å². The summed E-state index contributed by atoms with van der Waals surface area (Å²) in [6.07, 6.45) is 0.744. The lowest BCUT2D eigenvalue weighted by atomic mass is 9.92. The minimum atomic E-state index is -0.747. The molecular weight excluding hydrogens is 356 g/mol. The van der Waals surface area contributed by atoms with Gasteiger partial charge in [0.05, 0.1) is 12.2 Å². The average molecular weight is 384 g/mol. The Hall–Kier alpha value is -2.57. The highest BCUT2D eigenvalue weighted by atomic mass is 16.5. The van der Waals surface area contributed by atoms with E-state index in [1.54, 1.807) is 14.2 Å². The molecule has 1 atom stereocenters. The van der Waals surface area contributed by atoms with Crippen LogP contribution in [0.3, 0.4) is 0 Å². The molecule has 0 saturated carbocycles. The van der Waals surface area contributed by atoms with Crippen LogP contribution in [0.4, 0.5) is 5.69 Å². The van der Waals surface area contributed by atoms with Crippen molar-refractivity contribution in [1.82, 2.24) is 4.90 Å². The fourth-order valence-electron chi connectivity index (χ4n) is 3.59.